The van der Waals surface area contributed by atoms with Gasteiger partial charge < -0.3 is 10.5 Å². The van der Waals surface area contributed by atoms with Gasteiger partial charge in [-0.05, 0) is 17.7 Å². The van der Waals surface area contributed by atoms with E-state index in [0.29, 0.717) is 38.3 Å². The predicted octanol–water partition coefficient (Wildman–Crippen LogP) is 2.00. The normalized spacial score (nSPS) is 21.1. The Balaban J connectivity index is 2.10. The van der Waals surface area contributed by atoms with Crippen LogP contribution in [0, 0.1) is 5.82 Å². The number of alkyl halides is 3. The summed E-state index contributed by atoms with van der Waals surface area (Å²) in [5.74, 6) is -1.25. The Hall–Kier alpha value is -1.18. The summed E-state index contributed by atoms with van der Waals surface area (Å²) >= 11 is 0. The number of ether oxygens (including phenoxy) is 1. The van der Waals surface area contributed by atoms with Gasteiger partial charge in [0.05, 0.1) is 18.3 Å². The lowest BCUT2D eigenvalue weighted by Crippen LogP contribution is -2.45. The third kappa shape index (κ3) is 3.68. The van der Waals surface area contributed by atoms with Crippen molar-refractivity contribution in [3.63, 3.8) is 0 Å². The zero-order chi connectivity index (χ0) is 14.8. The fourth-order valence-electron chi connectivity index (χ4n) is 2.21. The average molecular weight is 292 g/mol. The van der Waals surface area contributed by atoms with Crippen LogP contribution in [-0.4, -0.2) is 37.2 Å². The second-order valence-corrected chi connectivity index (χ2v) is 4.78. The average Bonchev–Trinajstić information content (AvgIpc) is 2.40. The van der Waals surface area contributed by atoms with Crippen LogP contribution in [0.4, 0.5) is 17.6 Å². The molecule has 0 aromatic heterocycles. The van der Waals surface area contributed by atoms with Crippen molar-refractivity contribution in [2.75, 3.05) is 26.2 Å². The number of morpholine rings is 1. The lowest BCUT2D eigenvalue weighted by atomic mass is 10.1. The molecule has 1 heterocycles. The summed E-state index contributed by atoms with van der Waals surface area (Å²) in [5.41, 5.74) is 4.71. The molecule has 1 saturated heterocycles. The highest BCUT2D eigenvalue weighted by Crippen LogP contribution is 2.32. The van der Waals surface area contributed by atoms with E-state index < -0.39 is 17.6 Å². The van der Waals surface area contributed by atoms with Crippen molar-refractivity contribution >= 4 is 0 Å². The molecule has 20 heavy (non-hydrogen) atoms. The molecule has 1 aliphatic rings. The van der Waals surface area contributed by atoms with E-state index in [1.807, 2.05) is 4.90 Å². The number of nitrogens with zero attached hydrogens (tertiary/aromatic N) is 1. The molecule has 0 saturated carbocycles. The van der Waals surface area contributed by atoms with Crippen LogP contribution >= 0.6 is 0 Å². The highest BCUT2D eigenvalue weighted by molar-refractivity contribution is 5.27. The number of nitrogens with two attached hydrogens (primary N) is 1. The largest absolute Gasteiger partial charge is 0.419 e. The van der Waals surface area contributed by atoms with Gasteiger partial charge in [0.25, 0.3) is 0 Å². The van der Waals surface area contributed by atoms with Gasteiger partial charge in [-0.2, -0.15) is 13.2 Å². The minimum Gasteiger partial charge on any atom is -0.374 e. The maximum atomic E-state index is 13.2. The number of rotatable bonds is 3. The van der Waals surface area contributed by atoms with E-state index in [1.165, 1.54) is 6.07 Å². The van der Waals surface area contributed by atoms with Gasteiger partial charge in [-0.25, -0.2) is 4.39 Å². The summed E-state index contributed by atoms with van der Waals surface area (Å²) in [7, 11) is 0. The summed E-state index contributed by atoms with van der Waals surface area (Å²) in [5, 5.41) is 0. The summed E-state index contributed by atoms with van der Waals surface area (Å²) < 4.78 is 56.5. The second-order valence-electron chi connectivity index (χ2n) is 4.78. The van der Waals surface area contributed by atoms with Crippen LogP contribution in [0.15, 0.2) is 18.2 Å². The fourth-order valence-corrected chi connectivity index (χ4v) is 2.21. The van der Waals surface area contributed by atoms with Crippen LogP contribution in [-0.2, 0) is 17.5 Å². The Morgan fingerprint density at radius 1 is 1.35 bits per heavy atom. The molecule has 112 valence electrons. The first-order valence-electron chi connectivity index (χ1n) is 6.30. The zero-order valence-electron chi connectivity index (χ0n) is 10.8. The first-order chi connectivity index (χ1) is 9.40. The minimum absolute atomic E-state index is 0.105. The Morgan fingerprint density at radius 3 is 2.75 bits per heavy atom. The molecular weight excluding hydrogens is 276 g/mol. The predicted molar refractivity (Wildman–Crippen MR) is 65.5 cm³/mol. The Kier molecular flexibility index (Phi) is 4.62. The van der Waals surface area contributed by atoms with E-state index in [1.54, 1.807) is 0 Å². The third-order valence-corrected chi connectivity index (χ3v) is 3.23. The Bertz CT molecular complexity index is 464. The third-order valence-electron chi connectivity index (χ3n) is 3.23. The van der Waals surface area contributed by atoms with Crippen molar-refractivity contribution in [2.24, 2.45) is 5.73 Å². The monoisotopic (exact) mass is 292 g/mol. The molecule has 2 N–H and O–H groups in total. The van der Waals surface area contributed by atoms with Crippen LogP contribution in [0.3, 0.4) is 0 Å². The summed E-state index contributed by atoms with van der Waals surface area (Å²) in [6.07, 6.45) is -4.78. The first-order valence-corrected chi connectivity index (χ1v) is 6.30. The lowest BCUT2D eigenvalue weighted by molar-refractivity contribution is -0.140. The smallest absolute Gasteiger partial charge is 0.374 e. The number of hydrogen-bond acceptors (Lipinski definition) is 3. The van der Waals surface area contributed by atoms with Gasteiger partial charge in [-0.15, -0.1) is 0 Å². The molecule has 7 heteroatoms. The summed E-state index contributed by atoms with van der Waals surface area (Å²) in [6.45, 7) is 2.37. The molecule has 0 bridgehead atoms. The number of hydrogen-bond donors (Lipinski definition) is 1. The molecule has 1 unspecified atom stereocenters. The van der Waals surface area contributed by atoms with Gasteiger partial charge in [-0.1, -0.05) is 6.07 Å². The van der Waals surface area contributed by atoms with Crippen LogP contribution in [0.1, 0.15) is 11.1 Å². The van der Waals surface area contributed by atoms with Gasteiger partial charge in [0.15, 0.2) is 0 Å². The maximum absolute atomic E-state index is 13.2. The molecular formula is C13H16F4N2O. The van der Waals surface area contributed by atoms with Crippen molar-refractivity contribution in [2.45, 2.75) is 18.8 Å². The van der Waals surface area contributed by atoms with E-state index in [-0.39, 0.29) is 6.10 Å². The molecule has 2 rings (SSSR count). The maximum Gasteiger partial charge on any atom is 0.419 e. The molecule has 0 radical (unpaired) electrons. The summed E-state index contributed by atoms with van der Waals surface area (Å²) in [4.78, 5) is 1.95. The van der Waals surface area contributed by atoms with Crippen molar-refractivity contribution in [1.82, 2.24) is 4.90 Å². The van der Waals surface area contributed by atoms with E-state index in [4.69, 9.17) is 10.5 Å². The van der Waals surface area contributed by atoms with Gasteiger partial charge >= 0.3 is 6.18 Å². The highest BCUT2D eigenvalue weighted by Gasteiger charge is 2.34. The van der Waals surface area contributed by atoms with E-state index in [9.17, 15) is 17.6 Å². The molecule has 1 aromatic rings. The van der Waals surface area contributed by atoms with Gasteiger partial charge in [0, 0.05) is 26.2 Å². The quantitative estimate of drug-likeness (QED) is 0.866. The number of halogens is 4. The van der Waals surface area contributed by atoms with Crippen LogP contribution in [0.5, 0.6) is 0 Å². The lowest BCUT2D eigenvalue weighted by Gasteiger charge is -2.32. The first kappa shape index (κ1) is 15.2. The summed E-state index contributed by atoms with van der Waals surface area (Å²) in [6, 6.07) is 3.10. The fraction of sp³-hybridized carbons (Fsp3) is 0.538. The second kappa shape index (κ2) is 6.07. The van der Waals surface area contributed by atoms with Crippen molar-refractivity contribution in [3.8, 4) is 0 Å². The minimum atomic E-state index is -4.68. The molecule has 1 atom stereocenters. The van der Waals surface area contributed by atoms with Crippen LogP contribution in [0.2, 0.25) is 0 Å². The molecule has 1 fully saturated rings. The molecule has 1 aromatic carbocycles. The van der Waals surface area contributed by atoms with Gasteiger partial charge in [0.1, 0.15) is 5.82 Å². The van der Waals surface area contributed by atoms with E-state index >= 15 is 0 Å². The molecule has 1 aliphatic heterocycles. The molecule has 0 amide bonds. The Morgan fingerprint density at radius 2 is 2.10 bits per heavy atom. The van der Waals surface area contributed by atoms with E-state index in [2.05, 4.69) is 0 Å². The molecule has 3 nitrogen and oxygen atoms in total. The topological polar surface area (TPSA) is 38.5 Å². The van der Waals surface area contributed by atoms with Gasteiger partial charge in [0.2, 0.25) is 0 Å². The van der Waals surface area contributed by atoms with Gasteiger partial charge in [-0.3, -0.25) is 4.90 Å². The van der Waals surface area contributed by atoms with Crippen LogP contribution in [0.25, 0.3) is 0 Å². The van der Waals surface area contributed by atoms with E-state index in [0.717, 1.165) is 12.1 Å². The zero-order valence-corrected chi connectivity index (χ0v) is 10.8. The highest BCUT2D eigenvalue weighted by atomic mass is 19.4. The van der Waals surface area contributed by atoms with Crippen molar-refractivity contribution in [3.05, 3.63) is 35.1 Å². The molecule has 0 aliphatic carbocycles. The van der Waals surface area contributed by atoms with Crippen molar-refractivity contribution in [1.29, 1.82) is 0 Å². The Labute approximate surface area is 114 Å². The number of benzene rings is 1. The molecule has 0 spiro atoms. The SMILES string of the molecule is NCC1CN(Cc2ccc(F)c(C(F)(F)F)c2)CCO1. The standard InChI is InChI=1S/C13H16F4N2O/c14-12-2-1-9(5-11(12)13(15,16)17)7-19-3-4-20-10(6-18)8-19/h1-2,5,10H,3-4,6-8,18H2. The van der Waals surface area contributed by atoms with Crippen LogP contribution < -0.4 is 5.73 Å². The van der Waals surface area contributed by atoms with Crippen molar-refractivity contribution < 1.29 is 22.3 Å².